The lowest BCUT2D eigenvalue weighted by Gasteiger charge is -2.20. The third-order valence-corrected chi connectivity index (χ3v) is 5.54. The van der Waals surface area contributed by atoms with Gasteiger partial charge in [0, 0.05) is 23.1 Å². The quantitative estimate of drug-likeness (QED) is 0.246. The molecule has 0 aromatic heterocycles. The van der Waals surface area contributed by atoms with E-state index in [1.165, 1.54) is 26.0 Å². The molecule has 212 valence electrons. The van der Waals surface area contributed by atoms with Gasteiger partial charge in [-0.1, -0.05) is 78.9 Å². The number of carboxylic acid groups (broad SMARTS) is 3. The summed E-state index contributed by atoms with van der Waals surface area (Å²) in [5, 5.41) is 44.5. The van der Waals surface area contributed by atoms with Gasteiger partial charge in [0.25, 0.3) is 0 Å². The van der Waals surface area contributed by atoms with Crippen LogP contribution in [-0.2, 0) is 32.8 Å². The number of benzene rings is 3. The molecule has 0 fully saturated rings. The van der Waals surface area contributed by atoms with Gasteiger partial charge in [-0.25, -0.2) is 9.59 Å². The summed E-state index contributed by atoms with van der Waals surface area (Å²) in [7, 11) is 0. The monoisotopic (exact) mass is 552 g/mol. The maximum Gasteiger partial charge on any atom is 0.340 e. The van der Waals surface area contributed by atoms with Crippen LogP contribution in [-0.4, -0.2) is 61.1 Å². The Bertz CT molecular complexity index is 1330. The summed E-state index contributed by atoms with van der Waals surface area (Å²) in [6.07, 6.45) is -1.24. The molecule has 0 bridgehead atoms. The molecule has 0 radical (unpaired) electrons. The molecule has 10 nitrogen and oxygen atoms in total. The summed E-state index contributed by atoms with van der Waals surface area (Å²) < 4.78 is 0. The molecule has 0 spiro atoms. The molecule has 3 rings (SSSR count). The Hall–Kier alpha value is -4.67. The molecule has 2 atom stereocenters. The molecule has 0 heterocycles. The van der Waals surface area contributed by atoms with Gasteiger partial charge in [-0.2, -0.15) is 0 Å². The summed E-state index contributed by atoms with van der Waals surface area (Å²) in [6, 6.07) is 21.9. The van der Waals surface area contributed by atoms with E-state index in [0.717, 1.165) is 12.5 Å². The summed E-state index contributed by atoms with van der Waals surface area (Å²) in [5.41, 5.74) is 0.192. The van der Waals surface area contributed by atoms with Gasteiger partial charge in [0.15, 0.2) is 23.3 Å². The fourth-order valence-electron chi connectivity index (χ4n) is 3.44. The number of carbonyl (C=O) groups excluding carboxylic acids is 2. The van der Waals surface area contributed by atoms with Crippen LogP contribution in [0, 0.1) is 0 Å². The van der Waals surface area contributed by atoms with E-state index in [4.69, 9.17) is 20.4 Å². The summed E-state index contributed by atoms with van der Waals surface area (Å²) in [4.78, 5) is 53.8. The number of aliphatic hydroxyl groups is 2. The lowest BCUT2D eigenvalue weighted by molar-refractivity contribution is -0.157. The van der Waals surface area contributed by atoms with E-state index in [-0.39, 0.29) is 35.5 Å². The fraction of sp³-hybridized carbons (Fsp3) is 0.233. The van der Waals surface area contributed by atoms with Gasteiger partial charge in [0.05, 0.1) is 6.42 Å². The summed E-state index contributed by atoms with van der Waals surface area (Å²) in [5.74, 6) is -3.85. The molecule has 0 amide bonds. The van der Waals surface area contributed by atoms with Crippen molar-refractivity contribution in [2.24, 2.45) is 0 Å². The first-order valence-corrected chi connectivity index (χ1v) is 12.0. The number of carbonyl (C=O) groups is 5. The van der Waals surface area contributed by atoms with Crippen LogP contribution in [0.2, 0.25) is 0 Å². The van der Waals surface area contributed by atoms with E-state index in [1.54, 1.807) is 48.5 Å². The minimum Gasteiger partial charge on any atom is -0.481 e. The van der Waals surface area contributed by atoms with Crippen LogP contribution >= 0.6 is 0 Å². The molecular formula is C30H32O10. The summed E-state index contributed by atoms with van der Waals surface area (Å²) >= 11 is 0. The van der Waals surface area contributed by atoms with Crippen molar-refractivity contribution in [1.82, 2.24) is 0 Å². The van der Waals surface area contributed by atoms with Gasteiger partial charge < -0.3 is 25.5 Å². The van der Waals surface area contributed by atoms with Crippen molar-refractivity contribution < 1.29 is 49.5 Å². The van der Waals surface area contributed by atoms with Crippen LogP contribution in [0.1, 0.15) is 58.2 Å². The smallest absolute Gasteiger partial charge is 0.340 e. The Morgan fingerprint density at radius 3 is 1.68 bits per heavy atom. The van der Waals surface area contributed by atoms with E-state index in [2.05, 4.69) is 0 Å². The van der Waals surface area contributed by atoms with Crippen LogP contribution in [0.3, 0.4) is 0 Å². The maximum absolute atomic E-state index is 11.2. The number of Topliss-reactive ketones (excluding diaryl/α,β-unsaturated/α-hetero) is 2. The zero-order chi connectivity index (χ0) is 30.5. The second-order valence-corrected chi connectivity index (χ2v) is 8.81. The van der Waals surface area contributed by atoms with Crippen molar-refractivity contribution in [2.45, 2.75) is 45.3 Å². The van der Waals surface area contributed by atoms with Crippen LogP contribution in [0.25, 0.3) is 0 Å². The standard InChI is InChI=1S/C11H12O4.C10H10O3.C9H10O3/c1-7(12)8-5-3-4-6-9(8)11(2,15)10(13)14;1-7(11)9-5-3-2-4-8(9)6-10(12)13;10-8(9(11)12)6-7-4-2-1-3-5-7/h3-6,15H,1-2H3,(H,13,14);2-5H,6H2,1H3,(H,12,13);1-5,8,10H,6H2,(H,11,12). The SMILES string of the molecule is CC(=O)c1ccccc1C(C)(O)C(=O)O.CC(=O)c1ccccc1CC(=O)O.O=C(O)C(O)Cc1ccccc1. The molecule has 3 aromatic rings. The normalized spacial score (nSPS) is 12.2. The maximum atomic E-state index is 11.2. The van der Waals surface area contributed by atoms with Crippen molar-refractivity contribution in [2.75, 3.05) is 0 Å². The highest BCUT2D eigenvalue weighted by molar-refractivity contribution is 5.98. The third-order valence-electron chi connectivity index (χ3n) is 5.54. The molecule has 0 aliphatic carbocycles. The topological polar surface area (TPSA) is 186 Å². The Balaban J connectivity index is 0.000000302. The fourth-order valence-corrected chi connectivity index (χ4v) is 3.44. The van der Waals surface area contributed by atoms with E-state index in [9.17, 15) is 29.1 Å². The molecule has 10 heteroatoms. The second kappa shape index (κ2) is 15.7. The Morgan fingerprint density at radius 2 is 1.20 bits per heavy atom. The molecule has 0 saturated heterocycles. The Kier molecular flexibility index (Phi) is 13.1. The molecule has 0 aliphatic heterocycles. The van der Waals surface area contributed by atoms with Crippen LogP contribution < -0.4 is 0 Å². The average molecular weight is 553 g/mol. The zero-order valence-electron chi connectivity index (χ0n) is 22.3. The van der Waals surface area contributed by atoms with Crippen molar-refractivity contribution in [3.8, 4) is 0 Å². The van der Waals surface area contributed by atoms with Gasteiger partial charge in [-0.05, 0) is 31.9 Å². The number of aliphatic carboxylic acids is 3. The second-order valence-electron chi connectivity index (χ2n) is 8.81. The lowest BCUT2D eigenvalue weighted by Crippen LogP contribution is -2.33. The van der Waals surface area contributed by atoms with Crippen LogP contribution in [0.5, 0.6) is 0 Å². The highest BCUT2D eigenvalue weighted by Crippen LogP contribution is 2.24. The van der Waals surface area contributed by atoms with Crippen LogP contribution in [0.4, 0.5) is 0 Å². The molecular weight excluding hydrogens is 520 g/mol. The number of rotatable bonds is 9. The summed E-state index contributed by atoms with van der Waals surface area (Å²) in [6.45, 7) is 3.91. The van der Waals surface area contributed by atoms with Crippen molar-refractivity contribution in [3.63, 3.8) is 0 Å². The van der Waals surface area contributed by atoms with Gasteiger partial charge in [-0.15, -0.1) is 0 Å². The molecule has 5 N–H and O–H groups in total. The van der Waals surface area contributed by atoms with E-state index >= 15 is 0 Å². The minimum absolute atomic E-state index is 0.100. The number of carboxylic acids is 3. The predicted octanol–water partition coefficient (Wildman–Crippen LogP) is 3.37. The van der Waals surface area contributed by atoms with Gasteiger partial charge in [0.1, 0.15) is 0 Å². The highest BCUT2D eigenvalue weighted by atomic mass is 16.4. The van der Waals surface area contributed by atoms with Crippen molar-refractivity contribution in [1.29, 1.82) is 0 Å². The first-order chi connectivity index (χ1) is 18.7. The molecule has 0 aliphatic rings. The van der Waals surface area contributed by atoms with Gasteiger partial charge in [-0.3, -0.25) is 14.4 Å². The zero-order valence-corrected chi connectivity index (χ0v) is 22.3. The average Bonchev–Trinajstić information content (AvgIpc) is 2.89. The van der Waals surface area contributed by atoms with Crippen LogP contribution in [0.15, 0.2) is 78.9 Å². The predicted molar refractivity (Wildman–Crippen MR) is 145 cm³/mol. The molecule has 0 saturated carbocycles. The van der Waals surface area contributed by atoms with E-state index in [0.29, 0.717) is 11.1 Å². The number of hydrogen-bond acceptors (Lipinski definition) is 7. The molecule has 40 heavy (non-hydrogen) atoms. The largest absolute Gasteiger partial charge is 0.481 e. The van der Waals surface area contributed by atoms with Crippen molar-refractivity contribution in [3.05, 3.63) is 107 Å². The first-order valence-electron chi connectivity index (χ1n) is 12.0. The first kappa shape index (κ1) is 33.4. The number of aliphatic hydroxyl groups excluding tert-OH is 1. The number of ketones is 2. The Morgan fingerprint density at radius 1 is 0.725 bits per heavy atom. The third kappa shape index (κ3) is 10.6. The van der Waals surface area contributed by atoms with E-state index in [1.807, 2.05) is 18.2 Å². The molecule has 3 aromatic carbocycles. The van der Waals surface area contributed by atoms with E-state index < -0.39 is 29.6 Å². The Labute approximate surface area is 231 Å². The highest BCUT2D eigenvalue weighted by Gasteiger charge is 2.34. The minimum atomic E-state index is -2.04. The van der Waals surface area contributed by atoms with Gasteiger partial charge in [0.2, 0.25) is 0 Å². The van der Waals surface area contributed by atoms with Gasteiger partial charge >= 0.3 is 17.9 Å². The lowest BCUT2D eigenvalue weighted by atomic mass is 9.90. The number of hydrogen-bond donors (Lipinski definition) is 5. The van der Waals surface area contributed by atoms with Crippen molar-refractivity contribution >= 4 is 29.5 Å². The molecule has 2 unspecified atom stereocenters.